The van der Waals surface area contributed by atoms with Crippen LogP contribution in [0.5, 0.6) is 0 Å². The van der Waals surface area contributed by atoms with Gasteiger partial charge in [0.2, 0.25) is 0 Å². The van der Waals surface area contributed by atoms with Crippen molar-refractivity contribution in [3.8, 4) is 0 Å². The Hall–Kier alpha value is -0.932. The van der Waals surface area contributed by atoms with Gasteiger partial charge in [-0.15, -0.1) is 0 Å². The summed E-state index contributed by atoms with van der Waals surface area (Å²) in [6, 6.07) is 4.94. The molecule has 2 N–H and O–H groups in total. The van der Waals surface area contributed by atoms with Crippen molar-refractivity contribution >= 4 is 12.0 Å². The summed E-state index contributed by atoms with van der Waals surface area (Å²) >= 11 is 0. The molecule has 0 saturated heterocycles. The second-order valence-corrected chi connectivity index (χ2v) is 3.25. The molecule has 1 heterocycles. The van der Waals surface area contributed by atoms with Gasteiger partial charge in [0.05, 0.1) is 5.69 Å². The second kappa shape index (κ2) is 5.97. The molecular weight excluding hydrogens is 390 g/mol. The molecule has 0 aromatic heterocycles. The van der Waals surface area contributed by atoms with Crippen molar-refractivity contribution in [1.29, 1.82) is 0 Å². The largest absolute Gasteiger partial charge is 0.469 e. The molecule has 2 rings (SSSR count). The Morgan fingerprint density at radius 2 is 2.31 bits per heavy atom. The van der Waals surface area contributed by atoms with Crippen LogP contribution in [0.1, 0.15) is 5.56 Å². The van der Waals surface area contributed by atoms with E-state index in [-0.39, 0.29) is 26.9 Å². The van der Waals surface area contributed by atoms with E-state index in [2.05, 4.69) is 10.4 Å². The van der Waals surface area contributed by atoms with Gasteiger partial charge in [-0.3, -0.25) is 0 Å². The molecule has 6 heteroatoms. The summed E-state index contributed by atoms with van der Waals surface area (Å²) in [5, 5.41) is 9.53. The van der Waals surface area contributed by atoms with Crippen LogP contribution in [-0.2, 0) is 27.6 Å². The average Bonchev–Trinajstić information content (AvgIpc) is 2.30. The summed E-state index contributed by atoms with van der Waals surface area (Å²) in [6.07, 6.45) is 1.44. The van der Waals surface area contributed by atoms with Gasteiger partial charge in [-0.05, 0) is 24.2 Å². The van der Waals surface area contributed by atoms with Gasteiger partial charge in [-0.25, -0.2) is 4.39 Å². The Morgan fingerprint density at radius 1 is 1.50 bits per heavy atom. The third-order valence-corrected chi connectivity index (χ3v) is 2.24. The molecule has 1 aromatic rings. The SMILES string of the molecule is NCc1ccc(N2CC[N-]C=N2)c(F)c1.[Pt]. The first kappa shape index (κ1) is 13.1. The number of anilines is 1. The van der Waals surface area contributed by atoms with Crippen LogP contribution in [0.2, 0.25) is 0 Å². The van der Waals surface area contributed by atoms with Crippen LogP contribution < -0.4 is 10.7 Å². The predicted octanol–water partition coefficient (Wildman–Crippen LogP) is 1.42. The maximum atomic E-state index is 13.6. The molecule has 1 aliphatic rings. The van der Waals surface area contributed by atoms with E-state index in [1.165, 1.54) is 12.4 Å². The quantitative estimate of drug-likeness (QED) is 0.814. The van der Waals surface area contributed by atoms with Crippen LogP contribution in [-0.4, -0.2) is 19.4 Å². The number of rotatable bonds is 2. The van der Waals surface area contributed by atoms with Crippen molar-refractivity contribution in [1.82, 2.24) is 0 Å². The minimum atomic E-state index is -0.294. The third kappa shape index (κ3) is 2.80. The van der Waals surface area contributed by atoms with E-state index in [4.69, 9.17) is 5.73 Å². The van der Waals surface area contributed by atoms with Crippen LogP contribution in [0.4, 0.5) is 10.1 Å². The molecule has 16 heavy (non-hydrogen) atoms. The second-order valence-electron chi connectivity index (χ2n) is 3.25. The van der Waals surface area contributed by atoms with Crippen molar-refractivity contribution in [3.05, 3.63) is 34.9 Å². The number of hydrogen-bond donors (Lipinski definition) is 1. The standard InChI is InChI=1S/C10H12FN4.Pt/c11-9-5-8(6-12)1-2-10(9)15-4-3-13-7-14-15;/h1-2,5,7H,3-4,6,12H2;/q-1;. The molecule has 90 valence electrons. The van der Waals surface area contributed by atoms with Crippen molar-refractivity contribution in [2.45, 2.75) is 6.54 Å². The molecule has 0 radical (unpaired) electrons. The zero-order valence-electron chi connectivity index (χ0n) is 8.54. The van der Waals surface area contributed by atoms with Crippen LogP contribution in [0.25, 0.3) is 5.32 Å². The topological polar surface area (TPSA) is 55.7 Å². The summed E-state index contributed by atoms with van der Waals surface area (Å²) in [4.78, 5) is 0. The molecular formula is C10H12FN4Pt-. The van der Waals surface area contributed by atoms with E-state index in [9.17, 15) is 4.39 Å². The van der Waals surface area contributed by atoms with Crippen LogP contribution in [0.3, 0.4) is 0 Å². The Balaban J connectivity index is 0.00000128. The van der Waals surface area contributed by atoms with Gasteiger partial charge in [0.1, 0.15) is 5.82 Å². The van der Waals surface area contributed by atoms with Crippen LogP contribution in [0, 0.1) is 5.82 Å². The predicted molar refractivity (Wildman–Crippen MR) is 58.4 cm³/mol. The molecule has 0 amide bonds. The van der Waals surface area contributed by atoms with Gasteiger partial charge >= 0.3 is 0 Å². The fraction of sp³-hybridized carbons (Fsp3) is 0.300. The first-order chi connectivity index (χ1) is 7.31. The van der Waals surface area contributed by atoms with Gasteiger partial charge in [0.25, 0.3) is 0 Å². The van der Waals surface area contributed by atoms with E-state index < -0.39 is 0 Å². The summed E-state index contributed by atoms with van der Waals surface area (Å²) in [5.74, 6) is -0.294. The monoisotopic (exact) mass is 402 g/mol. The normalized spacial score (nSPS) is 14.2. The van der Waals surface area contributed by atoms with E-state index in [1.54, 1.807) is 17.1 Å². The number of halogens is 1. The zero-order chi connectivity index (χ0) is 10.7. The smallest absolute Gasteiger partial charge is 0.147 e. The number of hydrazone groups is 1. The van der Waals surface area contributed by atoms with Crippen molar-refractivity contribution in [3.63, 3.8) is 0 Å². The van der Waals surface area contributed by atoms with E-state index in [1.807, 2.05) is 0 Å². The molecule has 0 atom stereocenters. The molecule has 0 unspecified atom stereocenters. The first-order valence-corrected chi connectivity index (χ1v) is 4.76. The zero-order valence-corrected chi connectivity index (χ0v) is 10.8. The molecule has 1 aliphatic heterocycles. The summed E-state index contributed by atoms with van der Waals surface area (Å²) < 4.78 is 13.6. The van der Waals surface area contributed by atoms with Crippen LogP contribution in [0.15, 0.2) is 23.3 Å². The molecule has 0 bridgehead atoms. The minimum absolute atomic E-state index is 0. The summed E-state index contributed by atoms with van der Waals surface area (Å²) in [7, 11) is 0. The average molecular weight is 402 g/mol. The van der Waals surface area contributed by atoms with Crippen molar-refractivity contribution < 1.29 is 25.5 Å². The third-order valence-electron chi connectivity index (χ3n) is 2.24. The first-order valence-electron chi connectivity index (χ1n) is 4.76. The molecule has 1 aromatic carbocycles. The van der Waals surface area contributed by atoms with E-state index >= 15 is 0 Å². The number of nitrogens with zero attached hydrogens (tertiary/aromatic N) is 3. The van der Waals surface area contributed by atoms with Gasteiger partial charge in [-0.1, -0.05) is 12.4 Å². The molecule has 0 aliphatic carbocycles. The van der Waals surface area contributed by atoms with E-state index in [0.29, 0.717) is 25.3 Å². The number of nitrogens with two attached hydrogens (primary N) is 1. The fourth-order valence-electron chi connectivity index (χ4n) is 1.44. The van der Waals surface area contributed by atoms with E-state index in [0.717, 1.165) is 5.56 Å². The van der Waals surface area contributed by atoms with Gasteiger partial charge in [0.15, 0.2) is 0 Å². The van der Waals surface area contributed by atoms with Crippen LogP contribution >= 0.6 is 0 Å². The Kier molecular flexibility index (Phi) is 4.90. The molecule has 4 nitrogen and oxygen atoms in total. The minimum Gasteiger partial charge on any atom is -0.469 e. The summed E-state index contributed by atoms with van der Waals surface area (Å²) in [5.41, 5.74) is 6.67. The maximum absolute atomic E-state index is 13.6. The Bertz CT molecular complexity index is 383. The Labute approximate surface area is 108 Å². The molecule has 0 saturated carbocycles. The van der Waals surface area contributed by atoms with Crippen molar-refractivity contribution in [2.75, 3.05) is 18.1 Å². The van der Waals surface area contributed by atoms with Gasteiger partial charge in [-0.2, -0.15) is 0 Å². The van der Waals surface area contributed by atoms with Gasteiger partial charge in [0, 0.05) is 34.2 Å². The van der Waals surface area contributed by atoms with Gasteiger partial charge < -0.3 is 21.2 Å². The summed E-state index contributed by atoms with van der Waals surface area (Å²) in [6.45, 7) is 1.59. The maximum Gasteiger partial charge on any atom is 0.147 e. The fourth-order valence-corrected chi connectivity index (χ4v) is 1.44. The molecule has 0 fully saturated rings. The number of hydrogen-bond acceptors (Lipinski definition) is 3. The van der Waals surface area contributed by atoms with Crippen molar-refractivity contribution in [2.24, 2.45) is 10.8 Å². The Morgan fingerprint density at radius 3 is 2.88 bits per heavy atom. The molecule has 0 spiro atoms. The number of benzene rings is 1.